The third-order valence-corrected chi connectivity index (χ3v) is 6.51. The van der Waals surface area contributed by atoms with Crippen LogP contribution in [0.5, 0.6) is 0 Å². The number of carbonyl (C=O) groups excluding carboxylic acids is 3. The van der Waals surface area contributed by atoms with E-state index in [1.165, 1.54) is 0 Å². The van der Waals surface area contributed by atoms with Gasteiger partial charge in [0.1, 0.15) is 6.04 Å². The summed E-state index contributed by atoms with van der Waals surface area (Å²) < 4.78 is 0. The van der Waals surface area contributed by atoms with Crippen molar-refractivity contribution >= 4 is 17.7 Å². The molecule has 1 aromatic heterocycles. The molecule has 2 saturated heterocycles. The van der Waals surface area contributed by atoms with Crippen LogP contribution in [-0.2, 0) is 20.8 Å². The summed E-state index contributed by atoms with van der Waals surface area (Å²) in [6.45, 7) is 8.10. The van der Waals surface area contributed by atoms with Crippen LogP contribution in [0, 0.1) is 5.92 Å². The van der Waals surface area contributed by atoms with Gasteiger partial charge in [0.25, 0.3) is 0 Å². The maximum Gasteiger partial charge on any atom is 0.246 e. The van der Waals surface area contributed by atoms with Crippen molar-refractivity contribution in [2.24, 2.45) is 5.92 Å². The topological polar surface area (TPSA) is 73.8 Å². The first kappa shape index (κ1) is 22.7. The molecule has 2 aliphatic heterocycles. The Hall–Kier alpha value is -3.48. The Balaban J connectivity index is 1.59. The molecule has 172 valence electrons. The molecule has 3 heterocycles. The lowest BCUT2D eigenvalue weighted by atomic mass is 9.96. The first-order valence-corrected chi connectivity index (χ1v) is 11.5. The molecule has 0 saturated carbocycles. The summed E-state index contributed by atoms with van der Waals surface area (Å²) in [4.78, 5) is 48.4. The zero-order valence-corrected chi connectivity index (χ0v) is 19.0. The zero-order chi connectivity index (χ0) is 23.4. The Kier molecular flexibility index (Phi) is 6.87. The summed E-state index contributed by atoms with van der Waals surface area (Å²) in [6.07, 6.45) is 5.90. The van der Waals surface area contributed by atoms with E-state index in [-0.39, 0.29) is 30.1 Å². The standard InChI is InChI=1S/C26H30N4O3/c1-3-11-29-12-13-30(25(32)22-16-24(31)28(4-2)18-22)23(26(29)33)15-19-7-5-8-20(14-19)21-9-6-10-27-17-21/h3,5-10,14,17,22-23H,1,4,11-13,15-16,18H2,2H3/t22-,23+/m1/s1. The van der Waals surface area contributed by atoms with Crippen LogP contribution in [0.3, 0.4) is 0 Å². The van der Waals surface area contributed by atoms with Crippen molar-refractivity contribution in [3.8, 4) is 11.1 Å². The highest BCUT2D eigenvalue weighted by molar-refractivity contribution is 5.93. The number of benzene rings is 1. The first-order valence-electron chi connectivity index (χ1n) is 11.5. The fourth-order valence-corrected chi connectivity index (χ4v) is 4.75. The van der Waals surface area contributed by atoms with Gasteiger partial charge in [-0.25, -0.2) is 0 Å². The molecule has 0 spiro atoms. The first-order chi connectivity index (χ1) is 16.0. The number of aromatic nitrogens is 1. The second-order valence-electron chi connectivity index (χ2n) is 8.60. The number of rotatable bonds is 7. The number of carbonyl (C=O) groups is 3. The molecular weight excluding hydrogens is 416 g/mol. The van der Waals surface area contributed by atoms with Crippen molar-refractivity contribution in [3.05, 3.63) is 67.0 Å². The SMILES string of the molecule is C=CCN1CCN(C(=O)[C@@H]2CC(=O)N(CC)C2)[C@@H](Cc2cccc(-c3cccnc3)c2)C1=O. The third-order valence-electron chi connectivity index (χ3n) is 6.51. The molecule has 7 nitrogen and oxygen atoms in total. The van der Waals surface area contributed by atoms with E-state index < -0.39 is 6.04 Å². The molecule has 0 bridgehead atoms. The van der Waals surface area contributed by atoms with Crippen LogP contribution in [0.4, 0.5) is 0 Å². The predicted molar refractivity (Wildman–Crippen MR) is 126 cm³/mol. The Labute approximate surface area is 194 Å². The maximum absolute atomic E-state index is 13.5. The van der Waals surface area contributed by atoms with Gasteiger partial charge in [-0.1, -0.05) is 36.4 Å². The van der Waals surface area contributed by atoms with Gasteiger partial charge >= 0.3 is 0 Å². The van der Waals surface area contributed by atoms with Crippen molar-refractivity contribution in [2.45, 2.75) is 25.8 Å². The van der Waals surface area contributed by atoms with Crippen LogP contribution >= 0.6 is 0 Å². The number of nitrogens with zero attached hydrogens (tertiary/aromatic N) is 4. The van der Waals surface area contributed by atoms with Crippen molar-refractivity contribution in [1.82, 2.24) is 19.7 Å². The quantitative estimate of drug-likeness (QED) is 0.612. The summed E-state index contributed by atoms with van der Waals surface area (Å²) in [7, 11) is 0. The molecule has 2 aliphatic rings. The average Bonchev–Trinajstić information content (AvgIpc) is 3.23. The molecule has 2 atom stereocenters. The van der Waals surface area contributed by atoms with Gasteiger partial charge < -0.3 is 14.7 Å². The third kappa shape index (κ3) is 4.82. The predicted octanol–water partition coefficient (Wildman–Crippen LogP) is 2.38. The largest absolute Gasteiger partial charge is 0.342 e. The number of likely N-dealkylation sites (tertiary alicyclic amines) is 1. The Bertz CT molecular complexity index is 1040. The number of amides is 3. The van der Waals surface area contributed by atoms with Gasteiger partial charge in [-0.05, 0) is 29.7 Å². The van der Waals surface area contributed by atoms with Crippen molar-refractivity contribution in [1.29, 1.82) is 0 Å². The molecule has 33 heavy (non-hydrogen) atoms. The van der Waals surface area contributed by atoms with Gasteiger partial charge in [0.15, 0.2) is 0 Å². The molecule has 0 radical (unpaired) electrons. The molecule has 4 rings (SSSR count). The van der Waals surface area contributed by atoms with Gasteiger partial charge in [-0.2, -0.15) is 0 Å². The molecular formula is C26H30N4O3. The number of hydrogen-bond acceptors (Lipinski definition) is 4. The van der Waals surface area contributed by atoms with E-state index >= 15 is 0 Å². The number of hydrogen-bond donors (Lipinski definition) is 0. The summed E-state index contributed by atoms with van der Waals surface area (Å²) >= 11 is 0. The van der Waals surface area contributed by atoms with Crippen LogP contribution in [-0.4, -0.2) is 76.2 Å². The monoisotopic (exact) mass is 446 g/mol. The summed E-state index contributed by atoms with van der Waals surface area (Å²) in [5, 5.41) is 0. The smallest absolute Gasteiger partial charge is 0.246 e. The van der Waals surface area contributed by atoms with E-state index in [2.05, 4.69) is 17.6 Å². The van der Waals surface area contributed by atoms with Crippen LogP contribution < -0.4 is 0 Å². The lowest BCUT2D eigenvalue weighted by molar-refractivity contribution is -0.153. The lowest BCUT2D eigenvalue weighted by Gasteiger charge is -2.41. The molecule has 0 unspecified atom stereocenters. The minimum Gasteiger partial charge on any atom is -0.342 e. The van der Waals surface area contributed by atoms with Crippen molar-refractivity contribution in [2.75, 3.05) is 32.7 Å². The van der Waals surface area contributed by atoms with E-state index in [4.69, 9.17) is 0 Å². The van der Waals surface area contributed by atoms with E-state index in [0.29, 0.717) is 39.1 Å². The zero-order valence-electron chi connectivity index (χ0n) is 19.0. The van der Waals surface area contributed by atoms with E-state index in [1.54, 1.807) is 27.0 Å². The van der Waals surface area contributed by atoms with E-state index in [1.807, 2.05) is 43.5 Å². The fraction of sp³-hybridized carbons (Fsp3) is 0.385. The van der Waals surface area contributed by atoms with Crippen LogP contribution in [0.25, 0.3) is 11.1 Å². The van der Waals surface area contributed by atoms with Gasteiger partial charge in [-0.15, -0.1) is 6.58 Å². The molecule has 3 amide bonds. The summed E-state index contributed by atoms with van der Waals surface area (Å²) in [6, 6.07) is 11.3. The normalized spacial score (nSPS) is 20.9. The lowest BCUT2D eigenvalue weighted by Crippen LogP contribution is -2.60. The average molecular weight is 447 g/mol. The summed E-state index contributed by atoms with van der Waals surface area (Å²) in [5.41, 5.74) is 3.00. The number of pyridine rings is 1. The minimum atomic E-state index is -0.596. The highest BCUT2D eigenvalue weighted by Gasteiger charge is 2.42. The molecule has 0 aliphatic carbocycles. The Morgan fingerprint density at radius 1 is 1.15 bits per heavy atom. The molecule has 2 fully saturated rings. The summed E-state index contributed by atoms with van der Waals surface area (Å²) in [5.74, 6) is -0.550. The van der Waals surface area contributed by atoms with Gasteiger partial charge in [0, 0.05) is 58.0 Å². The highest BCUT2D eigenvalue weighted by atomic mass is 16.2. The van der Waals surface area contributed by atoms with Crippen LogP contribution in [0.15, 0.2) is 61.4 Å². The van der Waals surface area contributed by atoms with Gasteiger partial charge in [0.2, 0.25) is 17.7 Å². The van der Waals surface area contributed by atoms with Crippen molar-refractivity contribution in [3.63, 3.8) is 0 Å². The second kappa shape index (κ2) is 9.98. The molecule has 0 N–H and O–H groups in total. The van der Waals surface area contributed by atoms with E-state index in [0.717, 1.165) is 16.7 Å². The van der Waals surface area contributed by atoms with Crippen LogP contribution in [0.1, 0.15) is 18.9 Å². The van der Waals surface area contributed by atoms with Gasteiger partial charge in [-0.3, -0.25) is 19.4 Å². The van der Waals surface area contributed by atoms with Crippen molar-refractivity contribution < 1.29 is 14.4 Å². The highest BCUT2D eigenvalue weighted by Crippen LogP contribution is 2.26. The van der Waals surface area contributed by atoms with Gasteiger partial charge in [0.05, 0.1) is 5.92 Å². The second-order valence-corrected chi connectivity index (χ2v) is 8.60. The Morgan fingerprint density at radius 3 is 2.67 bits per heavy atom. The Morgan fingerprint density at radius 2 is 1.97 bits per heavy atom. The minimum absolute atomic E-state index is 0.00758. The van der Waals surface area contributed by atoms with E-state index in [9.17, 15) is 14.4 Å². The fourth-order valence-electron chi connectivity index (χ4n) is 4.75. The maximum atomic E-state index is 13.5. The molecule has 2 aromatic rings. The molecule has 7 heteroatoms. The molecule has 1 aromatic carbocycles. The number of piperazine rings is 1. The van der Waals surface area contributed by atoms with Crippen LogP contribution in [0.2, 0.25) is 0 Å².